The molecule has 0 fully saturated rings. The van der Waals surface area contributed by atoms with Gasteiger partial charge in [-0.3, -0.25) is 0 Å². The van der Waals surface area contributed by atoms with Crippen molar-refractivity contribution in [3.8, 4) is 0 Å². The molecule has 0 saturated heterocycles. The van der Waals surface area contributed by atoms with E-state index in [0.717, 1.165) is 25.2 Å². The summed E-state index contributed by atoms with van der Waals surface area (Å²) in [6.45, 7) is 7.77. The van der Waals surface area contributed by atoms with Gasteiger partial charge in [-0.1, -0.05) is 32.0 Å². The third-order valence-electron chi connectivity index (χ3n) is 2.30. The van der Waals surface area contributed by atoms with E-state index in [1.807, 2.05) is 12.1 Å². The topological polar surface area (TPSA) is 24.1 Å². The maximum absolute atomic E-state index is 13.2. The Morgan fingerprint density at radius 2 is 1.81 bits per heavy atom. The second-order valence-electron chi connectivity index (χ2n) is 4.37. The molecule has 90 valence electrons. The van der Waals surface area contributed by atoms with Crippen LogP contribution < -0.4 is 10.6 Å². The lowest BCUT2D eigenvalue weighted by molar-refractivity contribution is 0.530. The van der Waals surface area contributed by atoms with Crippen molar-refractivity contribution in [3.05, 3.63) is 35.6 Å². The molecule has 1 rings (SSSR count). The third kappa shape index (κ3) is 5.24. The highest BCUT2D eigenvalue weighted by atomic mass is 19.1. The van der Waals surface area contributed by atoms with E-state index in [1.165, 1.54) is 6.07 Å². The summed E-state index contributed by atoms with van der Waals surface area (Å²) >= 11 is 0. The predicted molar refractivity (Wildman–Crippen MR) is 65.8 cm³/mol. The van der Waals surface area contributed by atoms with Crippen LogP contribution >= 0.6 is 0 Å². The van der Waals surface area contributed by atoms with E-state index >= 15 is 0 Å². The van der Waals surface area contributed by atoms with E-state index in [2.05, 4.69) is 24.5 Å². The first-order valence-electron chi connectivity index (χ1n) is 5.85. The maximum Gasteiger partial charge on any atom is 0.127 e. The van der Waals surface area contributed by atoms with Gasteiger partial charge in [0.2, 0.25) is 0 Å². The van der Waals surface area contributed by atoms with Gasteiger partial charge in [-0.15, -0.1) is 0 Å². The van der Waals surface area contributed by atoms with E-state index in [0.29, 0.717) is 12.5 Å². The van der Waals surface area contributed by atoms with Crippen LogP contribution in [0.1, 0.15) is 19.4 Å². The Bertz CT molecular complexity index is 300. The third-order valence-corrected chi connectivity index (χ3v) is 2.30. The minimum atomic E-state index is -0.134. The summed E-state index contributed by atoms with van der Waals surface area (Å²) in [4.78, 5) is 0. The van der Waals surface area contributed by atoms with Crippen LogP contribution in [0.2, 0.25) is 0 Å². The molecule has 0 aliphatic carbocycles. The van der Waals surface area contributed by atoms with E-state index in [9.17, 15) is 4.39 Å². The molecule has 0 amide bonds. The Hall–Kier alpha value is -0.930. The molecule has 2 N–H and O–H groups in total. The molecule has 0 aromatic heterocycles. The molecule has 3 heteroatoms. The van der Waals surface area contributed by atoms with Crippen LogP contribution in [0.3, 0.4) is 0 Å². The Labute approximate surface area is 97.3 Å². The molecule has 0 aliphatic rings. The van der Waals surface area contributed by atoms with Gasteiger partial charge in [0.25, 0.3) is 0 Å². The molecular formula is C13H21FN2. The standard InChI is InChI=1S/C13H21FN2/c1-11(2)9-15-7-8-16-10-12-5-3-4-6-13(12)14/h3-6,11,15-16H,7-10H2,1-2H3. The van der Waals surface area contributed by atoms with Crippen molar-refractivity contribution < 1.29 is 4.39 Å². The van der Waals surface area contributed by atoms with Gasteiger partial charge >= 0.3 is 0 Å². The average molecular weight is 224 g/mol. The zero-order chi connectivity index (χ0) is 11.8. The number of hydrogen-bond donors (Lipinski definition) is 2. The van der Waals surface area contributed by atoms with Crippen molar-refractivity contribution in [3.63, 3.8) is 0 Å². The highest BCUT2D eigenvalue weighted by molar-refractivity contribution is 5.16. The maximum atomic E-state index is 13.2. The highest BCUT2D eigenvalue weighted by Crippen LogP contribution is 2.04. The Morgan fingerprint density at radius 1 is 1.12 bits per heavy atom. The summed E-state index contributed by atoms with van der Waals surface area (Å²) in [7, 11) is 0. The second-order valence-corrected chi connectivity index (χ2v) is 4.37. The number of halogens is 1. The van der Waals surface area contributed by atoms with Crippen LogP contribution in [0.15, 0.2) is 24.3 Å². The Kier molecular flexibility index (Phi) is 6.04. The summed E-state index contributed by atoms with van der Waals surface area (Å²) in [6.07, 6.45) is 0. The van der Waals surface area contributed by atoms with Gasteiger partial charge < -0.3 is 10.6 Å². The molecule has 0 heterocycles. The first-order valence-corrected chi connectivity index (χ1v) is 5.85. The normalized spacial score (nSPS) is 11.0. The molecule has 0 saturated carbocycles. The van der Waals surface area contributed by atoms with Crippen molar-refractivity contribution in [1.82, 2.24) is 10.6 Å². The Morgan fingerprint density at radius 3 is 2.50 bits per heavy atom. The zero-order valence-electron chi connectivity index (χ0n) is 10.1. The fraction of sp³-hybridized carbons (Fsp3) is 0.538. The fourth-order valence-electron chi connectivity index (χ4n) is 1.43. The largest absolute Gasteiger partial charge is 0.315 e. The lowest BCUT2D eigenvalue weighted by atomic mass is 10.2. The van der Waals surface area contributed by atoms with Crippen molar-refractivity contribution >= 4 is 0 Å². The van der Waals surface area contributed by atoms with Crippen molar-refractivity contribution in [1.29, 1.82) is 0 Å². The first kappa shape index (κ1) is 13.1. The minimum Gasteiger partial charge on any atom is -0.315 e. The van der Waals surface area contributed by atoms with Gasteiger partial charge in [0.05, 0.1) is 0 Å². The minimum absolute atomic E-state index is 0.134. The van der Waals surface area contributed by atoms with E-state index in [1.54, 1.807) is 6.07 Å². The van der Waals surface area contributed by atoms with Crippen LogP contribution in [0.4, 0.5) is 4.39 Å². The lowest BCUT2D eigenvalue weighted by Crippen LogP contribution is -2.29. The van der Waals surface area contributed by atoms with Crippen LogP contribution in [-0.2, 0) is 6.54 Å². The molecule has 0 atom stereocenters. The van der Waals surface area contributed by atoms with Gasteiger partial charge in [-0.05, 0) is 18.5 Å². The predicted octanol–water partition coefficient (Wildman–Crippen LogP) is 2.16. The van der Waals surface area contributed by atoms with E-state index in [-0.39, 0.29) is 5.82 Å². The number of benzene rings is 1. The van der Waals surface area contributed by atoms with Gasteiger partial charge in [0.15, 0.2) is 0 Å². The lowest BCUT2D eigenvalue weighted by Gasteiger charge is -2.08. The summed E-state index contributed by atoms with van der Waals surface area (Å²) in [5, 5.41) is 6.54. The molecule has 16 heavy (non-hydrogen) atoms. The highest BCUT2D eigenvalue weighted by Gasteiger charge is 1.98. The molecule has 2 nitrogen and oxygen atoms in total. The van der Waals surface area contributed by atoms with Gasteiger partial charge in [-0.25, -0.2) is 4.39 Å². The summed E-state index contributed by atoms with van der Waals surface area (Å²) < 4.78 is 13.2. The zero-order valence-corrected chi connectivity index (χ0v) is 10.1. The average Bonchev–Trinajstić information content (AvgIpc) is 2.25. The van der Waals surface area contributed by atoms with Crippen LogP contribution in [0.25, 0.3) is 0 Å². The molecule has 0 unspecified atom stereocenters. The van der Waals surface area contributed by atoms with E-state index < -0.39 is 0 Å². The summed E-state index contributed by atoms with van der Waals surface area (Å²) in [6, 6.07) is 6.87. The van der Waals surface area contributed by atoms with E-state index in [4.69, 9.17) is 0 Å². The van der Waals surface area contributed by atoms with Crippen molar-refractivity contribution in [2.24, 2.45) is 5.92 Å². The molecule has 0 spiro atoms. The van der Waals surface area contributed by atoms with Crippen LogP contribution in [0, 0.1) is 11.7 Å². The number of nitrogens with one attached hydrogen (secondary N) is 2. The number of hydrogen-bond acceptors (Lipinski definition) is 2. The van der Waals surface area contributed by atoms with Gasteiger partial charge in [-0.2, -0.15) is 0 Å². The van der Waals surface area contributed by atoms with Crippen LogP contribution in [0.5, 0.6) is 0 Å². The van der Waals surface area contributed by atoms with Gasteiger partial charge in [0, 0.05) is 25.2 Å². The quantitative estimate of drug-likeness (QED) is 0.694. The molecule has 0 aliphatic heterocycles. The Balaban J connectivity index is 2.10. The summed E-state index contributed by atoms with van der Waals surface area (Å²) in [5.74, 6) is 0.539. The first-order chi connectivity index (χ1) is 7.70. The second kappa shape index (κ2) is 7.36. The van der Waals surface area contributed by atoms with Gasteiger partial charge in [0.1, 0.15) is 5.82 Å². The van der Waals surface area contributed by atoms with Crippen molar-refractivity contribution in [2.45, 2.75) is 20.4 Å². The molecule has 0 radical (unpaired) electrons. The summed E-state index contributed by atoms with van der Waals surface area (Å²) in [5.41, 5.74) is 0.728. The molecule has 1 aromatic rings. The monoisotopic (exact) mass is 224 g/mol. The molecule has 1 aromatic carbocycles. The number of rotatable bonds is 7. The van der Waals surface area contributed by atoms with Crippen LogP contribution in [-0.4, -0.2) is 19.6 Å². The SMILES string of the molecule is CC(C)CNCCNCc1ccccc1F. The smallest absolute Gasteiger partial charge is 0.127 e. The molecule has 0 bridgehead atoms. The van der Waals surface area contributed by atoms with Crippen molar-refractivity contribution in [2.75, 3.05) is 19.6 Å². The fourth-order valence-corrected chi connectivity index (χ4v) is 1.43. The molecular weight excluding hydrogens is 203 g/mol.